The van der Waals surface area contributed by atoms with E-state index in [0.717, 1.165) is 48.5 Å². The minimum Gasteiger partial charge on any atom is -0.369 e. The van der Waals surface area contributed by atoms with Gasteiger partial charge in [0.2, 0.25) is 0 Å². The van der Waals surface area contributed by atoms with Gasteiger partial charge >= 0.3 is 0 Å². The van der Waals surface area contributed by atoms with Crippen molar-refractivity contribution < 1.29 is 0 Å². The molecule has 0 amide bonds. The molecule has 3 aromatic carbocycles. The Balaban J connectivity index is 1.43. The fraction of sp³-hybridized carbons (Fsp3) is 0.250. The van der Waals surface area contributed by atoms with Gasteiger partial charge in [-0.05, 0) is 85.6 Å². The van der Waals surface area contributed by atoms with Crippen molar-refractivity contribution in [2.45, 2.75) is 13.8 Å². The van der Waals surface area contributed by atoms with Crippen molar-refractivity contribution in [3.05, 3.63) is 84.1 Å². The molecule has 162 valence electrons. The second kappa shape index (κ2) is 8.64. The van der Waals surface area contributed by atoms with Gasteiger partial charge in [0.25, 0.3) is 0 Å². The van der Waals surface area contributed by atoms with Gasteiger partial charge in [0.1, 0.15) is 0 Å². The fourth-order valence-corrected chi connectivity index (χ4v) is 4.46. The molecule has 1 saturated heterocycles. The number of benzene rings is 3. The summed E-state index contributed by atoms with van der Waals surface area (Å²) in [4.78, 5) is 9.43. The molecule has 1 aliphatic rings. The molecular formula is C28H30N4. The summed E-state index contributed by atoms with van der Waals surface area (Å²) in [5, 5.41) is 4.76. The van der Waals surface area contributed by atoms with Gasteiger partial charge < -0.3 is 15.1 Å². The lowest BCUT2D eigenvalue weighted by Crippen LogP contribution is -2.44. The van der Waals surface area contributed by atoms with Gasteiger partial charge in [-0.2, -0.15) is 0 Å². The van der Waals surface area contributed by atoms with Crippen LogP contribution in [-0.4, -0.2) is 43.1 Å². The Morgan fingerprint density at radius 3 is 2.41 bits per heavy atom. The van der Waals surface area contributed by atoms with Crippen LogP contribution in [0.5, 0.6) is 0 Å². The fourth-order valence-electron chi connectivity index (χ4n) is 4.46. The van der Waals surface area contributed by atoms with Crippen molar-refractivity contribution in [3.63, 3.8) is 0 Å². The number of pyridine rings is 1. The summed E-state index contributed by atoms with van der Waals surface area (Å²) in [6, 6.07) is 23.9. The first-order valence-corrected chi connectivity index (χ1v) is 11.3. The zero-order valence-electron chi connectivity index (χ0n) is 19.1. The predicted molar refractivity (Wildman–Crippen MR) is 136 cm³/mol. The molecular weight excluding hydrogens is 392 g/mol. The molecule has 1 aliphatic heterocycles. The lowest BCUT2D eigenvalue weighted by atomic mass is 9.96. The first kappa shape index (κ1) is 20.5. The molecule has 4 aromatic rings. The average molecular weight is 423 g/mol. The molecule has 0 atom stereocenters. The Morgan fingerprint density at radius 1 is 0.844 bits per heavy atom. The molecule has 2 heterocycles. The van der Waals surface area contributed by atoms with Crippen LogP contribution in [0.15, 0.2) is 72.9 Å². The number of fused-ring (bicyclic) bond motifs is 1. The van der Waals surface area contributed by atoms with Crippen molar-refractivity contribution in [1.29, 1.82) is 0 Å². The summed E-state index contributed by atoms with van der Waals surface area (Å²) in [7, 11) is 2.19. The molecule has 4 nitrogen and oxygen atoms in total. The summed E-state index contributed by atoms with van der Waals surface area (Å²) in [6.45, 7) is 8.76. The minimum atomic E-state index is 0.998. The van der Waals surface area contributed by atoms with Crippen LogP contribution in [0.1, 0.15) is 11.1 Å². The SMILES string of the molecule is Cc1cccc(-c2ccc3nccc(Nc4ccc(N5CCN(C)CC5)cc4)c3c2)c1C. The van der Waals surface area contributed by atoms with E-state index in [1.54, 1.807) is 0 Å². The van der Waals surface area contributed by atoms with Crippen molar-refractivity contribution in [3.8, 4) is 11.1 Å². The van der Waals surface area contributed by atoms with E-state index in [-0.39, 0.29) is 0 Å². The molecule has 0 aliphatic carbocycles. The van der Waals surface area contributed by atoms with Crippen LogP contribution in [0.25, 0.3) is 22.0 Å². The van der Waals surface area contributed by atoms with Gasteiger partial charge in [-0.25, -0.2) is 0 Å². The molecule has 32 heavy (non-hydrogen) atoms. The van der Waals surface area contributed by atoms with Gasteiger partial charge in [-0.3, -0.25) is 4.98 Å². The number of piperazine rings is 1. The minimum absolute atomic E-state index is 0.998. The molecule has 0 unspecified atom stereocenters. The maximum atomic E-state index is 4.59. The van der Waals surface area contributed by atoms with E-state index >= 15 is 0 Å². The van der Waals surface area contributed by atoms with E-state index in [1.165, 1.54) is 27.9 Å². The number of aryl methyl sites for hydroxylation is 1. The lowest BCUT2D eigenvalue weighted by Gasteiger charge is -2.34. The van der Waals surface area contributed by atoms with Gasteiger partial charge in [-0.15, -0.1) is 0 Å². The molecule has 4 heteroatoms. The van der Waals surface area contributed by atoms with Crippen molar-refractivity contribution in [2.24, 2.45) is 0 Å². The topological polar surface area (TPSA) is 31.4 Å². The summed E-state index contributed by atoms with van der Waals surface area (Å²) in [5.74, 6) is 0. The van der Waals surface area contributed by atoms with Gasteiger partial charge in [0, 0.05) is 54.8 Å². The largest absolute Gasteiger partial charge is 0.369 e. The average Bonchev–Trinajstić information content (AvgIpc) is 2.82. The Hall–Kier alpha value is -3.37. The summed E-state index contributed by atoms with van der Waals surface area (Å²) >= 11 is 0. The zero-order chi connectivity index (χ0) is 22.1. The standard InChI is InChI=1S/C28H30N4/c1-20-5-4-6-25(21(20)2)22-7-12-27-26(19-22)28(13-14-29-27)30-23-8-10-24(11-9-23)32-17-15-31(3)16-18-32/h4-14,19H,15-18H2,1-3H3,(H,29,30). The normalized spacial score (nSPS) is 14.7. The van der Waals surface area contributed by atoms with Gasteiger partial charge in [-0.1, -0.05) is 24.3 Å². The van der Waals surface area contributed by atoms with Crippen molar-refractivity contribution >= 4 is 28.0 Å². The third-order valence-corrected chi connectivity index (χ3v) is 6.67. The van der Waals surface area contributed by atoms with E-state index < -0.39 is 0 Å². The Morgan fingerprint density at radius 2 is 1.62 bits per heavy atom. The molecule has 0 bridgehead atoms. The number of nitrogens with zero attached hydrogens (tertiary/aromatic N) is 3. The van der Waals surface area contributed by atoms with E-state index in [4.69, 9.17) is 0 Å². The Kier molecular flexibility index (Phi) is 5.54. The van der Waals surface area contributed by atoms with Crippen LogP contribution in [0.4, 0.5) is 17.1 Å². The third kappa shape index (κ3) is 4.06. The third-order valence-electron chi connectivity index (χ3n) is 6.67. The smallest absolute Gasteiger partial charge is 0.0723 e. The zero-order valence-corrected chi connectivity index (χ0v) is 19.1. The lowest BCUT2D eigenvalue weighted by molar-refractivity contribution is 0.313. The number of hydrogen-bond acceptors (Lipinski definition) is 4. The second-order valence-corrected chi connectivity index (χ2v) is 8.80. The number of hydrogen-bond donors (Lipinski definition) is 1. The molecule has 5 rings (SSSR count). The molecule has 1 aromatic heterocycles. The highest BCUT2D eigenvalue weighted by molar-refractivity contribution is 5.96. The predicted octanol–water partition coefficient (Wildman–Crippen LogP) is 6.01. The van der Waals surface area contributed by atoms with Crippen LogP contribution >= 0.6 is 0 Å². The second-order valence-electron chi connectivity index (χ2n) is 8.80. The van der Waals surface area contributed by atoms with Gasteiger partial charge in [0.05, 0.1) is 5.52 Å². The highest BCUT2D eigenvalue weighted by Crippen LogP contribution is 2.32. The number of likely N-dealkylation sites (N-methyl/N-ethyl adjacent to an activating group) is 1. The van der Waals surface area contributed by atoms with E-state index in [0.29, 0.717) is 0 Å². The van der Waals surface area contributed by atoms with E-state index in [9.17, 15) is 0 Å². The van der Waals surface area contributed by atoms with Gasteiger partial charge in [0.15, 0.2) is 0 Å². The number of aromatic nitrogens is 1. The highest BCUT2D eigenvalue weighted by atomic mass is 15.2. The number of rotatable bonds is 4. The quantitative estimate of drug-likeness (QED) is 0.436. The van der Waals surface area contributed by atoms with Crippen LogP contribution in [0.3, 0.4) is 0 Å². The molecule has 1 fully saturated rings. The Labute approximate surface area is 190 Å². The van der Waals surface area contributed by atoms with Crippen LogP contribution in [0, 0.1) is 13.8 Å². The molecule has 0 saturated carbocycles. The highest BCUT2D eigenvalue weighted by Gasteiger charge is 2.14. The summed E-state index contributed by atoms with van der Waals surface area (Å²) < 4.78 is 0. The summed E-state index contributed by atoms with van der Waals surface area (Å²) in [6.07, 6.45) is 1.88. The van der Waals surface area contributed by atoms with Crippen LogP contribution < -0.4 is 10.2 Å². The first-order chi connectivity index (χ1) is 15.6. The molecule has 0 spiro atoms. The number of anilines is 3. The van der Waals surface area contributed by atoms with Crippen LogP contribution in [0.2, 0.25) is 0 Å². The van der Waals surface area contributed by atoms with E-state index in [2.05, 4.69) is 108 Å². The molecule has 0 radical (unpaired) electrons. The van der Waals surface area contributed by atoms with E-state index in [1.807, 2.05) is 6.20 Å². The molecule has 1 N–H and O–H groups in total. The monoisotopic (exact) mass is 422 g/mol. The summed E-state index contributed by atoms with van der Waals surface area (Å²) in [5.41, 5.74) is 9.59. The van der Waals surface area contributed by atoms with Crippen LogP contribution in [-0.2, 0) is 0 Å². The van der Waals surface area contributed by atoms with Crippen molar-refractivity contribution in [2.75, 3.05) is 43.4 Å². The Bertz CT molecular complexity index is 1240. The maximum absolute atomic E-state index is 4.59. The number of nitrogens with one attached hydrogen (secondary N) is 1. The first-order valence-electron chi connectivity index (χ1n) is 11.3. The maximum Gasteiger partial charge on any atom is 0.0723 e. The van der Waals surface area contributed by atoms with Crippen molar-refractivity contribution in [1.82, 2.24) is 9.88 Å².